The average Bonchev–Trinajstić information content (AvgIpc) is 3.25. The third-order valence-corrected chi connectivity index (χ3v) is 7.65. The topological polar surface area (TPSA) is 123 Å². The van der Waals surface area contributed by atoms with E-state index in [0.29, 0.717) is 6.54 Å². The molecule has 0 spiro atoms. The summed E-state index contributed by atoms with van der Waals surface area (Å²) in [4.78, 5) is 30.7. The molecule has 4 N–H and O–H groups in total. The lowest BCUT2D eigenvalue weighted by Crippen LogP contribution is -2.47. The number of amides is 2. The molecule has 26 heavy (non-hydrogen) atoms. The first-order valence-electron chi connectivity index (χ1n) is 8.70. The van der Waals surface area contributed by atoms with Gasteiger partial charge in [0.1, 0.15) is 5.69 Å². The van der Waals surface area contributed by atoms with Gasteiger partial charge in [-0.25, -0.2) is 4.98 Å². The number of hydrogen-bond donors (Lipinski definition) is 4. The molecule has 2 aliphatic rings. The fraction of sp³-hybridized carbons (Fsp3) is 0.688. The molecule has 8 nitrogen and oxygen atoms in total. The summed E-state index contributed by atoms with van der Waals surface area (Å²) in [6, 6.07) is 0.189. The fourth-order valence-electron chi connectivity index (χ4n) is 3.29. The van der Waals surface area contributed by atoms with E-state index in [4.69, 9.17) is 0 Å². The minimum absolute atomic E-state index is 0.0212. The molecular formula is C16H25N3O5S2. The third kappa shape index (κ3) is 4.37. The van der Waals surface area contributed by atoms with Crippen molar-refractivity contribution in [3.05, 3.63) is 16.1 Å². The first-order valence-corrected chi connectivity index (χ1v) is 11.5. The third-order valence-electron chi connectivity index (χ3n) is 5.10. The molecule has 2 fully saturated rings. The van der Waals surface area contributed by atoms with Gasteiger partial charge in [-0.1, -0.05) is 0 Å². The van der Waals surface area contributed by atoms with Gasteiger partial charge in [-0.05, 0) is 32.6 Å². The minimum Gasteiger partial charge on any atom is -0.388 e. The van der Waals surface area contributed by atoms with Crippen molar-refractivity contribution in [3.63, 3.8) is 0 Å². The predicted octanol–water partition coefficient (Wildman–Crippen LogP) is 1.77. The number of carbonyl (C=O) groups excluding carboxylic acids is 2. The first-order chi connectivity index (χ1) is 12.2. The Morgan fingerprint density at radius 1 is 1.42 bits per heavy atom. The van der Waals surface area contributed by atoms with Crippen LogP contribution >= 0.6 is 21.9 Å². The zero-order valence-electron chi connectivity index (χ0n) is 14.7. The smallest absolute Gasteiger partial charge is 0.280 e. The quantitative estimate of drug-likeness (QED) is 0.608. The molecule has 0 bridgehead atoms. The molecule has 1 unspecified atom stereocenters. The summed E-state index contributed by atoms with van der Waals surface area (Å²) in [5, 5.41) is 14.9. The summed E-state index contributed by atoms with van der Waals surface area (Å²) in [7, 11) is -2.59. The van der Waals surface area contributed by atoms with Crippen LogP contribution in [0.4, 0.5) is 0 Å². The monoisotopic (exact) mass is 403 g/mol. The molecule has 0 saturated carbocycles. The van der Waals surface area contributed by atoms with E-state index in [0.717, 1.165) is 24.2 Å². The summed E-state index contributed by atoms with van der Waals surface area (Å²) in [6.07, 6.45) is 2.41. The number of nitrogens with zero attached hydrogens (tertiary/aromatic N) is 2. The number of likely N-dealkylation sites (tertiary alicyclic amines) is 1. The Morgan fingerprint density at radius 3 is 2.73 bits per heavy atom. The van der Waals surface area contributed by atoms with Gasteiger partial charge in [-0.3, -0.25) is 18.7 Å². The van der Waals surface area contributed by atoms with Crippen LogP contribution in [0.25, 0.3) is 0 Å². The van der Waals surface area contributed by atoms with Crippen LogP contribution in [0.15, 0.2) is 5.38 Å². The molecule has 3 rings (SSSR count). The maximum atomic E-state index is 12.5. The summed E-state index contributed by atoms with van der Waals surface area (Å²) in [5.41, 5.74) is -0.863. The highest BCUT2D eigenvalue weighted by atomic mass is 32.3. The van der Waals surface area contributed by atoms with Gasteiger partial charge in [0.15, 0.2) is 5.01 Å². The standard InChI is InChI=1S/C16H25N3O5S2/c1-11-3-2-6-19(11)15(21)12-9-25-14(18-12)13(20)17-10-16(22)4-7-26(23,24)8-5-16/h9,11,22-24H,2-8,10H2,1H3,(H,17,20). The van der Waals surface area contributed by atoms with Crippen molar-refractivity contribution in [1.82, 2.24) is 15.2 Å². The highest BCUT2D eigenvalue weighted by Crippen LogP contribution is 2.46. The predicted molar refractivity (Wildman–Crippen MR) is 101 cm³/mol. The molecular weight excluding hydrogens is 378 g/mol. The first kappa shape index (κ1) is 19.6. The number of nitrogens with one attached hydrogen (secondary N) is 1. The molecule has 10 heteroatoms. The molecule has 2 aliphatic heterocycles. The Labute approximate surface area is 158 Å². The summed E-state index contributed by atoms with van der Waals surface area (Å²) in [6.45, 7) is 2.74. The fourth-order valence-corrected chi connectivity index (χ4v) is 5.61. The minimum atomic E-state index is -2.59. The molecule has 3 heterocycles. The van der Waals surface area contributed by atoms with E-state index in [1.165, 1.54) is 0 Å². The second-order valence-electron chi connectivity index (χ2n) is 7.15. The van der Waals surface area contributed by atoms with Gasteiger partial charge in [0.25, 0.3) is 11.8 Å². The van der Waals surface area contributed by atoms with Crippen LogP contribution in [0.2, 0.25) is 0 Å². The number of carbonyl (C=O) groups is 2. The summed E-state index contributed by atoms with van der Waals surface area (Å²) in [5.74, 6) is -0.303. The van der Waals surface area contributed by atoms with Crippen molar-refractivity contribution in [2.75, 3.05) is 24.6 Å². The van der Waals surface area contributed by atoms with E-state index in [-0.39, 0.29) is 53.5 Å². The molecule has 1 aromatic rings. The van der Waals surface area contributed by atoms with Gasteiger partial charge in [0, 0.05) is 36.0 Å². The van der Waals surface area contributed by atoms with Crippen molar-refractivity contribution in [1.29, 1.82) is 0 Å². The van der Waals surface area contributed by atoms with Gasteiger partial charge < -0.3 is 15.3 Å². The molecule has 2 saturated heterocycles. The van der Waals surface area contributed by atoms with Crippen LogP contribution in [0, 0.1) is 0 Å². The van der Waals surface area contributed by atoms with Crippen molar-refractivity contribution >= 4 is 33.7 Å². The molecule has 146 valence electrons. The molecule has 0 radical (unpaired) electrons. The van der Waals surface area contributed by atoms with E-state index in [9.17, 15) is 23.8 Å². The largest absolute Gasteiger partial charge is 0.388 e. The Kier molecular flexibility index (Phi) is 5.59. The maximum Gasteiger partial charge on any atom is 0.280 e. The van der Waals surface area contributed by atoms with Crippen molar-refractivity contribution < 1.29 is 23.8 Å². The second kappa shape index (κ2) is 7.43. The lowest BCUT2D eigenvalue weighted by atomic mass is 9.97. The van der Waals surface area contributed by atoms with Gasteiger partial charge in [-0.2, -0.15) is 10.6 Å². The van der Waals surface area contributed by atoms with Crippen LogP contribution in [-0.4, -0.2) is 72.1 Å². The van der Waals surface area contributed by atoms with Crippen LogP contribution in [0.5, 0.6) is 0 Å². The SMILES string of the molecule is CC1CCCN1C(=O)c1csc(C(=O)NCC2(O)CCS(O)(O)CC2)n1. The van der Waals surface area contributed by atoms with Crippen LogP contribution < -0.4 is 5.32 Å². The van der Waals surface area contributed by atoms with Gasteiger partial charge in [-0.15, -0.1) is 11.3 Å². The van der Waals surface area contributed by atoms with Crippen LogP contribution in [0.3, 0.4) is 0 Å². The molecule has 1 atom stereocenters. The Hall–Kier alpha value is -1.20. The number of thiazole rings is 1. The molecule has 0 aromatic carbocycles. The molecule has 2 amide bonds. The number of rotatable bonds is 4. The highest BCUT2D eigenvalue weighted by molar-refractivity contribution is 8.24. The summed E-state index contributed by atoms with van der Waals surface area (Å²) >= 11 is 1.10. The number of aromatic nitrogens is 1. The lowest BCUT2D eigenvalue weighted by Gasteiger charge is -2.43. The number of hydrogen-bond acceptors (Lipinski definition) is 7. The van der Waals surface area contributed by atoms with E-state index in [2.05, 4.69) is 10.3 Å². The highest BCUT2D eigenvalue weighted by Gasteiger charge is 2.36. The van der Waals surface area contributed by atoms with Gasteiger partial charge in [0.05, 0.1) is 5.60 Å². The Balaban J connectivity index is 1.56. The van der Waals surface area contributed by atoms with Gasteiger partial charge in [0.2, 0.25) is 0 Å². The maximum absolute atomic E-state index is 12.5. The zero-order valence-corrected chi connectivity index (χ0v) is 16.3. The summed E-state index contributed by atoms with van der Waals surface area (Å²) < 4.78 is 19.2. The molecule has 0 aliphatic carbocycles. The van der Waals surface area contributed by atoms with Gasteiger partial charge >= 0.3 is 0 Å². The van der Waals surface area contributed by atoms with Crippen molar-refractivity contribution in [2.24, 2.45) is 0 Å². The average molecular weight is 404 g/mol. The van der Waals surface area contributed by atoms with Crippen LogP contribution in [0.1, 0.15) is 52.9 Å². The van der Waals surface area contributed by atoms with E-state index in [1.807, 2.05) is 6.92 Å². The Morgan fingerprint density at radius 2 is 2.12 bits per heavy atom. The van der Waals surface area contributed by atoms with Crippen LogP contribution in [-0.2, 0) is 0 Å². The second-order valence-corrected chi connectivity index (χ2v) is 10.4. The van der Waals surface area contributed by atoms with E-state index in [1.54, 1.807) is 10.3 Å². The Bertz CT molecular complexity index is 683. The number of aliphatic hydroxyl groups is 1. The normalized spacial score (nSPS) is 25.7. The zero-order chi connectivity index (χ0) is 18.9. The molecule has 1 aromatic heterocycles. The van der Waals surface area contributed by atoms with Crippen molar-refractivity contribution in [3.8, 4) is 0 Å². The lowest BCUT2D eigenvalue weighted by molar-refractivity contribution is 0.0281. The van der Waals surface area contributed by atoms with E-state index >= 15 is 0 Å². The van der Waals surface area contributed by atoms with E-state index < -0.39 is 22.1 Å². The van der Waals surface area contributed by atoms with Crippen molar-refractivity contribution in [2.45, 2.75) is 44.2 Å².